The highest BCUT2D eigenvalue weighted by atomic mass is 32.2. The van der Waals surface area contributed by atoms with Crippen LogP contribution in [0.3, 0.4) is 0 Å². The molecule has 3 rings (SSSR count). The summed E-state index contributed by atoms with van der Waals surface area (Å²) in [6, 6.07) is 14.6. The second kappa shape index (κ2) is 8.64. The Morgan fingerprint density at radius 3 is 2.70 bits per heavy atom. The van der Waals surface area contributed by atoms with Gasteiger partial charge in [-0.15, -0.1) is 0 Å². The number of nitrogens with zero attached hydrogens (tertiary/aromatic N) is 2. The highest BCUT2D eigenvalue weighted by Gasteiger charge is 2.10. The predicted octanol–water partition coefficient (Wildman–Crippen LogP) is 3.42. The minimum absolute atomic E-state index is 0.159. The summed E-state index contributed by atoms with van der Waals surface area (Å²) < 4.78 is 0. The van der Waals surface area contributed by atoms with Gasteiger partial charge in [0.2, 0.25) is 5.91 Å². The number of carbonyl (C=O) groups is 2. The molecule has 2 N–H and O–H groups in total. The molecule has 0 fully saturated rings. The molecule has 0 aliphatic rings. The zero-order valence-electron chi connectivity index (χ0n) is 15.2. The summed E-state index contributed by atoms with van der Waals surface area (Å²) in [5.41, 5.74) is 1.97. The van der Waals surface area contributed by atoms with Crippen LogP contribution in [0.15, 0.2) is 53.6 Å². The first-order chi connectivity index (χ1) is 13.1. The summed E-state index contributed by atoms with van der Waals surface area (Å²) in [7, 11) is 0. The van der Waals surface area contributed by atoms with E-state index in [2.05, 4.69) is 20.6 Å². The lowest BCUT2D eigenvalue weighted by molar-refractivity contribution is -0.113. The number of nitrogens with one attached hydrogen (secondary N) is 2. The standard InChI is InChI=1S/C20H20N4O2S/c1-3-21-19(26)14-7-6-8-15(11-14)24-18(25)12-27-20-16-9-4-5-10-17(16)22-13(2)23-20/h4-11H,3,12H2,1-2H3,(H,21,26)(H,24,25). The number of thioether (sulfide) groups is 1. The van der Waals surface area contributed by atoms with E-state index in [0.717, 1.165) is 15.9 Å². The second-order valence-electron chi connectivity index (χ2n) is 5.87. The van der Waals surface area contributed by atoms with E-state index < -0.39 is 0 Å². The third kappa shape index (κ3) is 4.83. The van der Waals surface area contributed by atoms with Crippen LogP contribution >= 0.6 is 11.8 Å². The van der Waals surface area contributed by atoms with Crippen molar-refractivity contribution >= 4 is 40.2 Å². The van der Waals surface area contributed by atoms with Gasteiger partial charge in [-0.25, -0.2) is 9.97 Å². The van der Waals surface area contributed by atoms with E-state index in [9.17, 15) is 9.59 Å². The molecule has 27 heavy (non-hydrogen) atoms. The number of carbonyl (C=O) groups excluding carboxylic acids is 2. The number of aromatic nitrogens is 2. The Labute approximate surface area is 161 Å². The van der Waals surface area contributed by atoms with Crippen molar-refractivity contribution in [3.05, 3.63) is 59.9 Å². The maximum absolute atomic E-state index is 12.3. The van der Waals surface area contributed by atoms with E-state index in [4.69, 9.17) is 0 Å². The summed E-state index contributed by atoms with van der Waals surface area (Å²) >= 11 is 1.37. The average Bonchev–Trinajstić information content (AvgIpc) is 2.66. The molecule has 2 amide bonds. The minimum atomic E-state index is -0.161. The zero-order chi connectivity index (χ0) is 19.2. The summed E-state index contributed by atoms with van der Waals surface area (Å²) in [4.78, 5) is 33.1. The highest BCUT2D eigenvalue weighted by Crippen LogP contribution is 2.25. The van der Waals surface area contributed by atoms with E-state index in [1.165, 1.54) is 11.8 Å². The van der Waals surface area contributed by atoms with Crippen molar-refractivity contribution in [2.75, 3.05) is 17.6 Å². The van der Waals surface area contributed by atoms with Crippen molar-refractivity contribution in [2.45, 2.75) is 18.9 Å². The fraction of sp³-hybridized carbons (Fsp3) is 0.200. The van der Waals surface area contributed by atoms with Crippen LogP contribution in [0, 0.1) is 6.92 Å². The number of rotatable bonds is 6. The number of fused-ring (bicyclic) bond motifs is 1. The summed E-state index contributed by atoms with van der Waals surface area (Å²) in [5, 5.41) is 7.28. The van der Waals surface area contributed by atoms with Gasteiger partial charge in [0.15, 0.2) is 0 Å². The van der Waals surface area contributed by atoms with Gasteiger partial charge in [0.25, 0.3) is 5.91 Å². The normalized spacial score (nSPS) is 10.6. The molecule has 1 aromatic heterocycles. The quantitative estimate of drug-likeness (QED) is 0.506. The van der Waals surface area contributed by atoms with Crippen molar-refractivity contribution in [2.24, 2.45) is 0 Å². The van der Waals surface area contributed by atoms with E-state index in [-0.39, 0.29) is 17.6 Å². The molecule has 3 aromatic rings. The number of para-hydroxylation sites is 1. The second-order valence-corrected chi connectivity index (χ2v) is 6.83. The summed E-state index contributed by atoms with van der Waals surface area (Å²) in [6.45, 7) is 4.25. The maximum atomic E-state index is 12.3. The molecule has 2 aromatic carbocycles. The van der Waals surface area contributed by atoms with Crippen LogP contribution in [0.25, 0.3) is 10.9 Å². The predicted molar refractivity (Wildman–Crippen MR) is 108 cm³/mol. The first kappa shape index (κ1) is 18.8. The molecule has 6 nitrogen and oxygen atoms in total. The van der Waals surface area contributed by atoms with Gasteiger partial charge in [-0.2, -0.15) is 0 Å². The molecule has 138 valence electrons. The van der Waals surface area contributed by atoms with Gasteiger partial charge in [-0.05, 0) is 38.1 Å². The van der Waals surface area contributed by atoms with E-state index in [1.807, 2.05) is 38.1 Å². The molecule has 0 spiro atoms. The van der Waals surface area contributed by atoms with Crippen molar-refractivity contribution in [1.82, 2.24) is 15.3 Å². The van der Waals surface area contributed by atoms with Gasteiger partial charge in [0.05, 0.1) is 11.3 Å². The van der Waals surface area contributed by atoms with Gasteiger partial charge in [-0.1, -0.05) is 36.0 Å². The Bertz CT molecular complexity index is 991. The SMILES string of the molecule is CCNC(=O)c1cccc(NC(=O)CSc2nc(C)nc3ccccc23)c1. The van der Waals surface area contributed by atoms with Gasteiger partial charge in [0, 0.05) is 23.2 Å². The topological polar surface area (TPSA) is 84.0 Å². The van der Waals surface area contributed by atoms with Gasteiger partial charge in [-0.3, -0.25) is 9.59 Å². The van der Waals surface area contributed by atoms with Crippen LogP contribution in [0.1, 0.15) is 23.1 Å². The van der Waals surface area contributed by atoms with E-state index in [0.29, 0.717) is 23.6 Å². The van der Waals surface area contributed by atoms with Crippen LogP contribution in [-0.2, 0) is 4.79 Å². The number of amides is 2. The molecular formula is C20H20N4O2S. The van der Waals surface area contributed by atoms with Crippen molar-refractivity contribution in [3.8, 4) is 0 Å². The molecule has 0 saturated heterocycles. The first-order valence-corrected chi connectivity index (χ1v) is 9.59. The fourth-order valence-electron chi connectivity index (χ4n) is 2.60. The van der Waals surface area contributed by atoms with Gasteiger partial charge in [0.1, 0.15) is 10.9 Å². The number of anilines is 1. The Morgan fingerprint density at radius 1 is 1.07 bits per heavy atom. The molecule has 0 atom stereocenters. The number of hydrogen-bond acceptors (Lipinski definition) is 5. The molecule has 0 saturated carbocycles. The Hall–Kier alpha value is -2.93. The number of benzene rings is 2. The van der Waals surface area contributed by atoms with Crippen LogP contribution in [0.2, 0.25) is 0 Å². The Balaban J connectivity index is 1.67. The zero-order valence-corrected chi connectivity index (χ0v) is 16.0. The lowest BCUT2D eigenvalue weighted by Crippen LogP contribution is -2.23. The van der Waals surface area contributed by atoms with Crippen LogP contribution in [-0.4, -0.2) is 34.1 Å². The van der Waals surface area contributed by atoms with Crippen molar-refractivity contribution < 1.29 is 9.59 Å². The highest BCUT2D eigenvalue weighted by molar-refractivity contribution is 8.00. The Morgan fingerprint density at radius 2 is 1.89 bits per heavy atom. The smallest absolute Gasteiger partial charge is 0.251 e. The molecule has 0 aliphatic carbocycles. The number of aryl methyl sites for hydroxylation is 1. The number of hydrogen-bond donors (Lipinski definition) is 2. The molecule has 0 bridgehead atoms. The van der Waals surface area contributed by atoms with Crippen LogP contribution in [0.4, 0.5) is 5.69 Å². The molecule has 7 heteroatoms. The molecule has 0 unspecified atom stereocenters. The van der Waals surface area contributed by atoms with E-state index >= 15 is 0 Å². The lowest BCUT2D eigenvalue weighted by Gasteiger charge is -2.09. The van der Waals surface area contributed by atoms with Crippen molar-refractivity contribution in [1.29, 1.82) is 0 Å². The summed E-state index contributed by atoms with van der Waals surface area (Å²) in [5.74, 6) is 0.566. The third-order valence-corrected chi connectivity index (χ3v) is 4.76. The first-order valence-electron chi connectivity index (χ1n) is 8.61. The van der Waals surface area contributed by atoms with Crippen LogP contribution in [0.5, 0.6) is 0 Å². The summed E-state index contributed by atoms with van der Waals surface area (Å²) in [6.07, 6.45) is 0. The van der Waals surface area contributed by atoms with Crippen LogP contribution < -0.4 is 10.6 Å². The Kier molecular flexibility index (Phi) is 6.03. The van der Waals surface area contributed by atoms with E-state index in [1.54, 1.807) is 24.3 Å². The molecule has 0 radical (unpaired) electrons. The molecule has 1 heterocycles. The lowest BCUT2D eigenvalue weighted by atomic mass is 10.2. The van der Waals surface area contributed by atoms with Gasteiger partial charge >= 0.3 is 0 Å². The molecule has 0 aliphatic heterocycles. The fourth-order valence-corrected chi connectivity index (χ4v) is 3.47. The van der Waals surface area contributed by atoms with Gasteiger partial charge < -0.3 is 10.6 Å². The average molecular weight is 380 g/mol. The minimum Gasteiger partial charge on any atom is -0.352 e. The molecular weight excluding hydrogens is 360 g/mol. The third-order valence-electron chi connectivity index (χ3n) is 3.77. The maximum Gasteiger partial charge on any atom is 0.251 e. The van der Waals surface area contributed by atoms with Crippen molar-refractivity contribution in [3.63, 3.8) is 0 Å². The monoisotopic (exact) mass is 380 g/mol. The largest absolute Gasteiger partial charge is 0.352 e.